The highest BCUT2D eigenvalue weighted by molar-refractivity contribution is 6.25. The molecule has 53 heavy (non-hydrogen) atoms. The summed E-state index contributed by atoms with van der Waals surface area (Å²) in [7, 11) is 0. The lowest BCUT2D eigenvalue weighted by Crippen LogP contribution is -2.16. The van der Waals surface area contributed by atoms with E-state index in [0.717, 1.165) is 0 Å². The summed E-state index contributed by atoms with van der Waals surface area (Å²) in [5, 5.41) is 12.9. The standard InChI is InChI=1S/C53H36/c1-53(2)51-39(24-13-25-46(51)47-31-30-33-14-3-6-17-38(33)52(47)53)34-26-28-35(29-27-34)49-42-20-9-11-22-44(42)50(45-23-12-10-21-43(45)49)48-32-36-15-4-5-16-37(36)40-18-7-8-19-41(40)48/h3-32H,1-2H3. The largest absolute Gasteiger partial charge is 0.0616 e. The van der Waals surface area contributed by atoms with E-state index in [2.05, 4.69) is 196 Å². The molecule has 0 atom stereocenters. The van der Waals surface area contributed by atoms with E-state index in [4.69, 9.17) is 0 Å². The smallest absolute Gasteiger partial charge is 0.0171 e. The van der Waals surface area contributed by atoms with Crippen LogP contribution in [0, 0.1) is 0 Å². The van der Waals surface area contributed by atoms with Gasteiger partial charge in [0, 0.05) is 5.41 Å². The summed E-state index contributed by atoms with van der Waals surface area (Å²) < 4.78 is 0. The van der Waals surface area contributed by atoms with Crippen LogP contribution in [-0.2, 0) is 5.41 Å². The SMILES string of the molecule is CC1(C)c2c(-c3ccc(-c4c5ccccc5c(-c5cc6ccccc6c6ccccc56)c5ccccc45)cc3)cccc2-c2ccc3ccccc3c21. The summed E-state index contributed by atoms with van der Waals surface area (Å²) in [6.45, 7) is 4.81. The molecule has 0 aliphatic heterocycles. The fourth-order valence-corrected chi connectivity index (χ4v) is 9.79. The average Bonchev–Trinajstić information content (AvgIpc) is 3.46. The quantitative estimate of drug-likeness (QED) is 0.129. The third kappa shape index (κ3) is 4.30. The Labute approximate surface area is 309 Å². The zero-order valence-electron chi connectivity index (χ0n) is 29.8. The van der Waals surface area contributed by atoms with Crippen LogP contribution in [0.5, 0.6) is 0 Å². The van der Waals surface area contributed by atoms with Crippen LogP contribution in [0.2, 0.25) is 0 Å². The Kier molecular flexibility index (Phi) is 6.40. The molecule has 0 bridgehead atoms. The van der Waals surface area contributed by atoms with Crippen molar-refractivity contribution in [2.45, 2.75) is 19.3 Å². The monoisotopic (exact) mass is 672 g/mol. The molecule has 0 unspecified atom stereocenters. The second kappa shape index (κ2) is 11.2. The Balaban J connectivity index is 1.11. The summed E-state index contributed by atoms with van der Waals surface area (Å²) in [5.41, 5.74) is 13.1. The molecular weight excluding hydrogens is 637 g/mol. The molecule has 0 N–H and O–H groups in total. The zero-order valence-corrected chi connectivity index (χ0v) is 29.8. The van der Waals surface area contributed by atoms with Gasteiger partial charge >= 0.3 is 0 Å². The van der Waals surface area contributed by atoms with Crippen LogP contribution in [0.3, 0.4) is 0 Å². The minimum atomic E-state index is -0.129. The second-order valence-electron chi connectivity index (χ2n) is 15.2. The van der Waals surface area contributed by atoms with Gasteiger partial charge in [0.15, 0.2) is 0 Å². The van der Waals surface area contributed by atoms with E-state index < -0.39 is 0 Å². The third-order valence-electron chi connectivity index (χ3n) is 12.0. The van der Waals surface area contributed by atoms with Crippen molar-refractivity contribution in [3.63, 3.8) is 0 Å². The first-order valence-electron chi connectivity index (χ1n) is 18.7. The Morgan fingerprint density at radius 2 is 0.774 bits per heavy atom. The van der Waals surface area contributed by atoms with Gasteiger partial charge in [0.1, 0.15) is 0 Å². The van der Waals surface area contributed by atoms with Crippen LogP contribution in [0.1, 0.15) is 25.0 Å². The molecule has 0 aromatic heterocycles. The number of rotatable bonds is 3. The van der Waals surface area contributed by atoms with E-state index in [0.29, 0.717) is 0 Å². The van der Waals surface area contributed by atoms with E-state index >= 15 is 0 Å². The highest BCUT2D eigenvalue weighted by Crippen LogP contribution is 2.54. The molecule has 0 nitrogen and oxygen atoms in total. The molecule has 248 valence electrons. The van der Waals surface area contributed by atoms with Gasteiger partial charge in [0.05, 0.1) is 0 Å². The fraction of sp³-hybridized carbons (Fsp3) is 0.0566. The zero-order chi connectivity index (χ0) is 35.3. The summed E-state index contributed by atoms with van der Waals surface area (Å²) in [5.74, 6) is 0. The lowest BCUT2D eigenvalue weighted by molar-refractivity contribution is 0.668. The molecule has 11 rings (SSSR count). The van der Waals surface area contributed by atoms with Gasteiger partial charge in [-0.05, 0) is 116 Å². The molecule has 0 fully saturated rings. The fourth-order valence-electron chi connectivity index (χ4n) is 9.79. The molecule has 0 radical (unpaired) electrons. The van der Waals surface area contributed by atoms with Crippen molar-refractivity contribution in [3.05, 3.63) is 193 Å². The van der Waals surface area contributed by atoms with Crippen LogP contribution in [0.4, 0.5) is 0 Å². The Morgan fingerprint density at radius 1 is 0.283 bits per heavy atom. The van der Waals surface area contributed by atoms with Crippen molar-refractivity contribution in [3.8, 4) is 44.5 Å². The van der Waals surface area contributed by atoms with E-state index in [9.17, 15) is 0 Å². The molecule has 1 aliphatic rings. The maximum atomic E-state index is 2.40. The topological polar surface area (TPSA) is 0 Å². The number of fused-ring (bicyclic) bond motifs is 10. The van der Waals surface area contributed by atoms with Gasteiger partial charge in [-0.3, -0.25) is 0 Å². The summed E-state index contributed by atoms with van der Waals surface area (Å²) >= 11 is 0. The summed E-state index contributed by atoms with van der Waals surface area (Å²) in [6.07, 6.45) is 0. The van der Waals surface area contributed by atoms with E-state index in [1.54, 1.807) is 0 Å². The van der Waals surface area contributed by atoms with Crippen LogP contribution in [-0.4, -0.2) is 0 Å². The van der Waals surface area contributed by atoms with Crippen molar-refractivity contribution >= 4 is 53.9 Å². The van der Waals surface area contributed by atoms with Gasteiger partial charge < -0.3 is 0 Å². The molecule has 0 heteroatoms. The van der Waals surface area contributed by atoms with Crippen molar-refractivity contribution < 1.29 is 0 Å². The van der Waals surface area contributed by atoms with E-state index in [-0.39, 0.29) is 5.41 Å². The lowest BCUT2D eigenvalue weighted by atomic mass is 9.77. The third-order valence-corrected chi connectivity index (χ3v) is 12.0. The summed E-state index contributed by atoms with van der Waals surface area (Å²) in [4.78, 5) is 0. The van der Waals surface area contributed by atoms with Gasteiger partial charge in [0.2, 0.25) is 0 Å². The number of hydrogen-bond donors (Lipinski definition) is 0. The van der Waals surface area contributed by atoms with Crippen molar-refractivity contribution in [1.29, 1.82) is 0 Å². The maximum Gasteiger partial charge on any atom is 0.0171 e. The molecule has 10 aromatic rings. The highest BCUT2D eigenvalue weighted by atomic mass is 14.4. The Bertz CT molecular complexity index is 3060. The van der Waals surface area contributed by atoms with Crippen molar-refractivity contribution in [1.82, 2.24) is 0 Å². The van der Waals surface area contributed by atoms with Crippen molar-refractivity contribution in [2.24, 2.45) is 0 Å². The molecular formula is C53H36. The Hall–Kier alpha value is -6.50. The van der Waals surface area contributed by atoms with Gasteiger partial charge in [0.25, 0.3) is 0 Å². The number of hydrogen-bond acceptors (Lipinski definition) is 0. The van der Waals surface area contributed by atoms with Gasteiger partial charge in [-0.1, -0.05) is 190 Å². The lowest BCUT2D eigenvalue weighted by Gasteiger charge is -2.26. The molecule has 0 spiro atoms. The van der Waals surface area contributed by atoms with E-state index in [1.807, 2.05) is 0 Å². The highest BCUT2D eigenvalue weighted by Gasteiger charge is 2.38. The minimum Gasteiger partial charge on any atom is -0.0616 e. The van der Waals surface area contributed by atoms with Crippen LogP contribution in [0.15, 0.2) is 182 Å². The molecule has 1 aliphatic carbocycles. The van der Waals surface area contributed by atoms with Crippen molar-refractivity contribution in [2.75, 3.05) is 0 Å². The molecule has 0 heterocycles. The predicted molar refractivity (Wildman–Crippen MR) is 228 cm³/mol. The number of benzene rings is 10. The molecule has 0 amide bonds. The van der Waals surface area contributed by atoms with Gasteiger partial charge in [-0.15, -0.1) is 0 Å². The maximum absolute atomic E-state index is 2.40. The molecule has 0 saturated heterocycles. The van der Waals surface area contributed by atoms with Gasteiger partial charge in [-0.25, -0.2) is 0 Å². The predicted octanol–water partition coefficient (Wildman–Crippen LogP) is 14.8. The van der Waals surface area contributed by atoms with Gasteiger partial charge in [-0.2, -0.15) is 0 Å². The molecule has 10 aromatic carbocycles. The normalized spacial score (nSPS) is 13.2. The second-order valence-corrected chi connectivity index (χ2v) is 15.2. The van der Waals surface area contributed by atoms with Crippen LogP contribution in [0.25, 0.3) is 98.4 Å². The Morgan fingerprint density at radius 3 is 1.45 bits per heavy atom. The van der Waals surface area contributed by atoms with E-state index in [1.165, 1.54) is 109 Å². The van der Waals surface area contributed by atoms with Crippen LogP contribution < -0.4 is 0 Å². The molecule has 0 saturated carbocycles. The average molecular weight is 673 g/mol. The van der Waals surface area contributed by atoms with Crippen LogP contribution >= 0.6 is 0 Å². The first kappa shape index (κ1) is 30.2. The first-order chi connectivity index (χ1) is 26.1. The minimum absolute atomic E-state index is 0.129. The first-order valence-corrected chi connectivity index (χ1v) is 18.7. The summed E-state index contributed by atoms with van der Waals surface area (Å²) in [6, 6.07) is 67.8.